The number of aromatic nitrogens is 1. The van der Waals surface area contributed by atoms with Crippen LogP contribution in [0.1, 0.15) is 32.3 Å². The van der Waals surface area contributed by atoms with Crippen molar-refractivity contribution in [3.63, 3.8) is 0 Å². The molecule has 1 aromatic heterocycles. The number of sulfone groups is 1. The fourth-order valence-electron chi connectivity index (χ4n) is 3.65. The lowest BCUT2D eigenvalue weighted by Gasteiger charge is -2.30. The van der Waals surface area contributed by atoms with Crippen LogP contribution in [-0.4, -0.2) is 26.5 Å². The lowest BCUT2D eigenvalue weighted by Crippen LogP contribution is -2.33. The van der Waals surface area contributed by atoms with E-state index in [0.717, 1.165) is 48.0 Å². The quantitative estimate of drug-likeness (QED) is 0.458. The van der Waals surface area contributed by atoms with Crippen molar-refractivity contribution >= 4 is 31.7 Å². The highest BCUT2D eigenvalue weighted by molar-refractivity contribution is 9.10. The third-order valence-electron chi connectivity index (χ3n) is 5.62. The molecule has 0 radical (unpaired) electrons. The molecule has 7 heteroatoms. The molecule has 30 heavy (non-hydrogen) atoms. The number of anilines is 1. The van der Waals surface area contributed by atoms with Crippen molar-refractivity contribution in [2.45, 2.75) is 43.0 Å². The van der Waals surface area contributed by atoms with Gasteiger partial charge in [-0.15, -0.1) is 0 Å². The van der Waals surface area contributed by atoms with Crippen LogP contribution in [0.4, 0.5) is 5.88 Å². The van der Waals surface area contributed by atoms with E-state index in [-0.39, 0.29) is 9.92 Å². The first kappa shape index (κ1) is 21.1. The molecule has 4 rings (SSSR count). The fourth-order valence-corrected chi connectivity index (χ4v) is 5.37. The molecule has 0 aliphatic carbocycles. The van der Waals surface area contributed by atoms with E-state index >= 15 is 0 Å². The van der Waals surface area contributed by atoms with Gasteiger partial charge in [0.05, 0.1) is 4.90 Å². The van der Waals surface area contributed by atoms with Gasteiger partial charge < -0.3 is 9.32 Å². The zero-order valence-corrected chi connectivity index (χ0v) is 19.5. The molecule has 0 unspecified atom stereocenters. The summed E-state index contributed by atoms with van der Waals surface area (Å²) in [6.45, 7) is 5.77. The summed E-state index contributed by atoms with van der Waals surface area (Å²) in [5, 5.41) is -0.00345. The van der Waals surface area contributed by atoms with Crippen molar-refractivity contribution < 1.29 is 12.8 Å². The Labute approximate surface area is 186 Å². The lowest BCUT2D eigenvalue weighted by atomic mass is 9.99. The van der Waals surface area contributed by atoms with E-state index in [2.05, 4.69) is 27.8 Å². The first-order valence-electron chi connectivity index (χ1n) is 10.2. The standard InChI is InChI=1S/C23H25BrN2O3S/c1-3-17-7-9-20(10-8-17)30(27,28)22-23(26-13-11-16(2)12-14-26)29-21(25-22)18-5-4-6-19(24)15-18/h4-10,15-16H,3,11-14H2,1-2H3. The predicted molar refractivity (Wildman–Crippen MR) is 122 cm³/mol. The Bertz CT molecular complexity index is 1130. The van der Waals surface area contributed by atoms with Crippen LogP contribution in [-0.2, 0) is 16.3 Å². The van der Waals surface area contributed by atoms with Gasteiger partial charge in [0, 0.05) is 23.1 Å². The molecular formula is C23H25BrN2O3S. The van der Waals surface area contributed by atoms with E-state index in [1.807, 2.05) is 48.2 Å². The molecule has 0 spiro atoms. The van der Waals surface area contributed by atoms with E-state index in [1.165, 1.54) is 0 Å². The smallest absolute Gasteiger partial charge is 0.236 e. The monoisotopic (exact) mass is 488 g/mol. The number of hydrogen-bond donors (Lipinski definition) is 0. The van der Waals surface area contributed by atoms with Crippen LogP contribution in [0.5, 0.6) is 0 Å². The summed E-state index contributed by atoms with van der Waals surface area (Å²) in [6, 6.07) is 14.5. The molecule has 1 saturated heterocycles. The van der Waals surface area contributed by atoms with Gasteiger partial charge in [0.1, 0.15) is 0 Å². The molecular weight excluding hydrogens is 464 g/mol. The van der Waals surface area contributed by atoms with Gasteiger partial charge in [0.2, 0.25) is 26.6 Å². The van der Waals surface area contributed by atoms with Crippen molar-refractivity contribution in [3.8, 4) is 11.5 Å². The molecule has 0 N–H and O–H groups in total. The minimum Gasteiger partial charge on any atom is -0.419 e. The average molecular weight is 489 g/mol. The first-order chi connectivity index (χ1) is 14.4. The van der Waals surface area contributed by atoms with E-state index in [0.29, 0.717) is 17.7 Å². The molecule has 1 aliphatic rings. The van der Waals surface area contributed by atoms with Gasteiger partial charge in [-0.05, 0) is 61.1 Å². The van der Waals surface area contributed by atoms with E-state index in [4.69, 9.17) is 4.42 Å². The van der Waals surface area contributed by atoms with Crippen LogP contribution in [0.25, 0.3) is 11.5 Å². The highest BCUT2D eigenvalue weighted by Gasteiger charge is 2.32. The summed E-state index contributed by atoms with van der Waals surface area (Å²) in [5.74, 6) is 1.28. The Balaban J connectivity index is 1.81. The van der Waals surface area contributed by atoms with Gasteiger partial charge in [-0.3, -0.25) is 0 Å². The Kier molecular flexibility index (Phi) is 6.02. The van der Waals surface area contributed by atoms with Gasteiger partial charge in [-0.25, -0.2) is 8.42 Å². The minimum atomic E-state index is -3.81. The highest BCUT2D eigenvalue weighted by Crippen LogP contribution is 2.37. The van der Waals surface area contributed by atoms with Crippen LogP contribution in [0.15, 0.2) is 67.3 Å². The Hall–Kier alpha value is -2.12. The summed E-state index contributed by atoms with van der Waals surface area (Å²) in [7, 11) is -3.81. The summed E-state index contributed by atoms with van der Waals surface area (Å²) in [4.78, 5) is 6.74. The molecule has 2 aromatic carbocycles. The van der Waals surface area contributed by atoms with Crippen molar-refractivity contribution in [1.29, 1.82) is 0 Å². The van der Waals surface area contributed by atoms with Gasteiger partial charge in [-0.2, -0.15) is 4.98 Å². The molecule has 5 nitrogen and oxygen atoms in total. The number of benzene rings is 2. The molecule has 1 aliphatic heterocycles. The molecule has 2 heterocycles. The number of aryl methyl sites for hydroxylation is 1. The zero-order chi connectivity index (χ0) is 21.3. The second kappa shape index (κ2) is 8.55. The number of nitrogens with zero attached hydrogens (tertiary/aromatic N) is 2. The lowest BCUT2D eigenvalue weighted by molar-refractivity contribution is 0.415. The van der Waals surface area contributed by atoms with Crippen LogP contribution in [0.2, 0.25) is 0 Å². The second-order valence-electron chi connectivity index (χ2n) is 7.81. The predicted octanol–water partition coefficient (Wildman–Crippen LogP) is 5.74. The Morgan fingerprint density at radius 3 is 2.47 bits per heavy atom. The highest BCUT2D eigenvalue weighted by atomic mass is 79.9. The van der Waals surface area contributed by atoms with Gasteiger partial charge in [0.25, 0.3) is 0 Å². The molecule has 0 saturated carbocycles. The fraction of sp³-hybridized carbons (Fsp3) is 0.348. The molecule has 0 atom stereocenters. The molecule has 0 amide bonds. The van der Waals surface area contributed by atoms with Crippen LogP contribution in [0.3, 0.4) is 0 Å². The maximum absolute atomic E-state index is 13.5. The summed E-state index contributed by atoms with van der Waals surface area (Å²) >= 11 is 3.46. The number of hydrogen-bond acceptors (Lipinski definition) is 5. The first-order valence-corrected chi connectivity index (χ1v) is 12.5. The maximum Gasteiger partial charge on any atom is 0.236 e. The zero-order valence-electron chi connectivity index (χ0n) is 17.1. The van der Waals surface area contributed by atoms with E-state index in [1.54, 1.807) is 12.1 Å². The summed E-state index contributed by atoms with van der Waals surface area (Å²) in [6.07, 6.45) is 2.85. The third-order valence-corrected chi connectivity index (χ3v) is 7.78. The number of oxazole rings is 1. The van der Waals surface area contributed by atoms with Crippen molar-refractivity contribution in [2.24, 2.45) is 5.92 Å². The number of rotatable bonds is 5. The minimum absolute atomic E-state index is 0.00345. The van der Waals surface area contributed by atoms with Crippen LogP contribution >= 0.6 is 15.9 Å². The summed E-state index contributed by atoms with van der Waals surface area (Å²) < 4.78 is 34.0. The average Bonchev–Trinajstić information content (AvgIpc) is 3.21. The topological polar surface area (TPSA) is 63.4 Å². The maximum atomic E-state index is 13.5. The van der Waals surface area contributed by atoms with E-state index < -0.39 is 9.84 Å². The Morgan fingerprint density at radius 1 is 1.13 bits per heavy atom. The van der Waals surface area contributed by atoms with Gasteiger partial charge in [0.15, 0.2) is 0 Å². The van der Waals surface area contributed by atoms with Crippen LogP contribution in [0, 0.1) is 5.92 Å². The largest absolute Gasteiger partial charge is 0.419 e. The number of halogens is 1. The molecule has 3 aromatic rings. The molecule has 158 valence electrons. The van der Waals surface area contributed by atoms with Crippen LogP contribution < -0.4 is 4.90 Å². The van der Waals surface area contributed by atoms with E-state index in [9.17, 15) is 8.42 Å². The van der Waals surface area contributed by atoms with Crippen molar-refractivity contribution in [1.82, 2.24) is 4.98 Å². The third kappa shape index (κ3) is 4.18. The SMILES string of the molecule is CCc1ccc(S(=O)(=O)c2nc(-c3cccc(Br)c3)oc2N2CCC(C)CC2)cc1. The Morgan fingerprint density at radius 2 is 1.83 bits per heavy atom. The van der Waals surface area contributed by atoms with Crippen molar-refractivity contribution in [2.75, 3.05) is 18.0 Å². The van der Waals surface area contributed by atoms with Gasteiger partial charge >= 0.3 is 0 Å². The molecule has 0 bridgehead atoms. The normalized spacial score (nSPS) is 15.5. The number of piperidine rings is 1. The van der Waals surface area contributed by atoms with Crippen molar-refractivity contribution in [3.05, 3.63) is 58.6 Å². The molecule has 1 fully saturated rings. The second-order valence-corrected chi connectivity index (χ2v) is 10.6. The summed E-state index contributed by atoms with van der Waals surface area (Å²) in [5.41, 5.74) is 1.83. The van der Waals surface area contributed by atoms with Gasteiger partial charge in [-0.1, -0.05) is 48.0 Å².